The number of hydrogen-bond acceptors (Lipinski definition) is 4. The Morgan fingerprint density at radius 3 is 2.74 bits per heavy atom. The minimum Gasteiger partial charge on any atom is -0.369 e. The van der Waals surface area contributed by atoms with Crippen LogP contribution in [-0.2, 0) is 9.84 Å². The van der Waals surface area contributed by atoms with Crippen LogP contribution in [0.15, 0.2) is 29.2 Å². The number of benzene rings is 1. The number of nitrogens with zero attached hydrogens (tertiary/aromatic N) is 1. The molecule has 1 atom stereocenters. The van der Waals surface area contributed by atoms with Gasteiger partial charge in [0.2, 0.25) is 0 Å². The van der Waals surface area contributed by atoms with E-state index >= 15 is 0 Å². The monoisotopic (exact) mass is 282 g/mol. The van der Waals surface area contributed by atoms with E-state index in [0.717, 1.165) is 25.3 Å². The smallest absolute Gasteiger partial charge is 0.175 e. The zero-order chi connectivity index (χ0) is 14.0. The number of hydrogen-bond donors (Lipinski definition) is 1. The van der Waals surface area contributed by atoms with E-state index in [4.69, 9.17) is 0 Å². The van der Waals surface area contributed by atoms with Gasteiger partial charge in [0.05, 0.1) is 4.90 Å². The fourth-order valence-electron chi connectivity index (χ4n) is 2.37. The third-order valence-corrected chi connectivity index (χ3v) is 4.73. The highest BCUT2D eigenvalue weighted by molar-refractivity contribution is 7.90. The quantitative estimate of drug-likeness (QED) is 0.913. The number of piperazine rings is 1. The summed E-state index contributed by atoms with van der Waals surface area (Å²) in [6.45, 7) is 7.18. The number of nitrogens with one attached hydrogen (secondary N) is 1. The lowest BCUT2D eigenvalue weighted by atomic mass is 10.0. The zero-order valence-electron chi connectivity index (χ0n) is 11.8. The van der Waals surface area contributed by atoms with Crippen molar-refractivity contribution in [3.05, 3.63) is 24.3 Å². The Bertz CT molecular complexity index is 540. The molecule has 0 radical (unpaired) electrons. The van der Waals surface area contributed by atoms with Crippen LogP contribution in [0.1, 0.15) is 13.8 Å². The molecule has 1 unspecified atom stereocenters. The molecule has 0 aliphatic carbocycles. The van der Waals surface area contributed by atoms with E-state index in [1.807, 2.05) is 12.1 Å². The fraction of sp³-hybridized carbons (Fsp3) is 0.571. The molecule has 1 aliphatic rings. The summed E-state index contributed by atoms with van der Waals surface area (Å²) in [4.78, 5) is 2.65. The molecule has 2 rings (SSSR count). The van der Waals surface area contributed by atoms with Crippen molar-refractivity contribution in [3.8, 4) is 0 Å². The summed E-state index contributed by atoms with van der Waals surface area (Å²) in [5.74, 6) is 0.570. The Morgan fingerprint density at radius 1 is 1.37 bits per heavy atom. The van der Waals surface area contributed by atoms with E-state index in [0.29, 0.717) is 16.9 Å². The van der Waals surface area contributed by atoms with Gasteiger partial charge in [-0.3, -0.25) is 0 Å². The van der Waals surface area contributed by atoms with Gasteiger partial charge in [-0.05, 0) is 24.1 Å². The van der Waals surface area contributed by atoms with E-state index in [1.165, 1.54) is 6.26 Å². The van der Waals surface area contributed by atoms with Gasteiger partial charge >= 0.3 is 0 Å². The van der Waals surface area contributed by atoms with Gasteiger partial charge in [-0.2, -0.15) is 0 Å². The molecule has 1 aliphatic heterocycles. The standard InChI is InChI=1S/C14H22N2O2S/c1-11(2)14-10-16(8-7-15-14)12-5-4-6-13(9-12)19(3,17)18/h4-6,9,11,14-15H,7-8,10H2,1-3H3. The Hall–Kier alpha value is -1.07. The van der Waals surface area contributed by atoms with E-state index in [1.54, 1.807) is 12.1 Å². The van der Waals surface area contributed by atoms with Gasteiger partial charge in [-0.25, -0.2) is 8.42 Å². The van der Waals surface area contributed by atoms with Crippen molar-refractivity contribution in [2.45, 2.75) is 24.8 Å². The van der Waals surface area contributed by atoms with Crippen LogP contribution in [0.4, 0.5) is 5.69 Å². The van der Waals surface area contributed by atoms with E-state index in [-0.39, 0.29) is 0 Å². The average Bonchev–Trinajstić information content (AvgIpc) is 2.38. The third kappa shape index (κ3) is 3.48. The van der Waals surface area contributed by atoms with Gasteiger partial charge in [0.25, 0.3) is 0 Å². The molecule has 0 amide bonds. The van der Waals surface area contributed by atoms with Crippen LogP contribution in [0.3, 0.4) is 0 Å². The summed E-state index contributed by atoms with van der Waals surface area (Å²) < 4.78 is 23.2. The normalized spacial score (nSPS) is 20.8. The van der Waals surface area contributed by atoms with Gasteiger partial charge < -0.3 is 10.2 Å². The van der Waals surface area contributed by atoms with Crippen molar-refractivity contribution in [2.75, 3.05) is 30.8 Å². The summed E-state index contributed by atoms with van der Waals surface area (Å²) >= 11 is 0. The van der Waals surface area contributed by atoms with Crippen molar-refractivity contribution in [2.24, 2.45) is 5.92 Å². The number of anilines is 1. The molecule has 1 aromatic carbocycles. The second-order valence-electron chi connectivity index (χ2n) is 5.52. The Balaban J connectivity index is 2.22. The lowest BCUT2D eigenvalue weighted by molar-refractivity contribution is 0.368. The maximum Gasteiger partial charge on any atom is 0.175 e. The predicted molar refractivity (Wildman–Crippen MR) is 78.4 cm³/mol. The molecule has 0 aromatic heterocycles. The summed E-state index contributed by atoms with van der Waals surface area (Å²) in [7, 11) is -3.14. The molecule has 0 spiro atoms. The third-order valence-electron chi connectivity index (χ3n) is 3.62. The van der Waals surface area contributed by atoms with E-state index in [9.17, 15) is 8.42 Å². The van der Waals surface area contributed by atoms with Crippen LogP contribution < -0.4 is 10.2 Å². The van der Waals surface area contributed by atoms with Crippen molar-refractivity contribution < 1.29 is 8.42 Å². The lowest BCUT2D eigenvalue weighted by Gasteiger charge is -2.37. The largest absolute Gasteiger partial charge is 0.369 e. The van der Waals surface area contributed by atoms with Crippen LogP contribution in [0.5, 0.6) is 0 Å². The van der Waals surface area contributed by atoms with Crippen molar-refractivity contribution in [1.29, 1.82) is 0 Å². The van der Waals surface area contributed by atoms with E-state index in [2.05, 4.69) is 24.1 Å². The van der Waals surface area contributed by atoms with Gasteiger partial charge in [0.15, 0.2) is 9.84 Å². The SMILES string of the molecule is CC(C)C1CN(c2cccc(S(C)(=O)=O)c2)CCN1. The Kier molecular flexibility index (Phi) is 4.16. The molecular formula is C14H22N2O2S. The second kappa shape index (κ2) is 5.51. The van der Waals surface area contributed by atoms with Crippen LogP contribution in [0, 0.1) is 5.92 Å². The molecule has 1 saturated heterocycles. The molecule has 106 valence electrons. The van der Waals surface area contributed by atoms with Crippen molar-refractivity contribution in [3.63, 3.8) is 0 Å². The summed E-state index contributed by atoms with van der Waals surface area (Å²) in [6.07, 6.45) is 1.25. The summed E-state index contributed by atoms with van der Waals surface area (Å²) in [6, 6.07) is 7.68. The Morgan fingerprint density at radius 2 is 2.11 bits per heavy atom. The minimum absolute atomic E-state index is 0.393. The average molecular weight is 282 g/mol. The summed E-state index contributed by atoms with van der Waals surface area (Å²) in [5.41, 5.74) is 0.995. The van der Waals surface area contributed by atoms with Crippen LogP contribution in [-0.4, -0.2) is 40.3 Å². The highest BCUT2D eigenvalue weighted by Gasteiger charge is 2.22. The molecule has 1 N–H and O–H groups in total. The molecule has 19 heavy (non-hydrogen) atoms. The molecular weight excluding hydrogens is 260 g/mol. The van der Waals surface area contributed by atoms with Gasteiger partial charge in [-0.15, -0.1) is 0 Å². The minimum atomic E-state index is -3.14. The zero-order valence-corrected chi connectivity index (χ0v) is 12.6. The molecule has 1 heterocycles. The number of sulfone groups is 1. The van der Waals surface area contributed by atoms with Crippen LogP contribution in [0.25, 0.3) is 0 Å². The molecule has 1 fully saturated rings. The predicted octanol–water partition coefficient (Wildman–Crippen LogP) is 1.52. The summed E-state index contributed by atoms with van der Waals surface area (Å²) in [5, 5.41) is 3.50. The lowest BCUT2D eigenvalue weighted by Crippen LogP contribution is -2.53. The molecule has 5 heteroatoms. The van der Waals surface area contributed by atoms with Gasteiger partial charge in [-0.1, -0.05) is 19.9 Å². The maximum absolute atomic E-state index is 11.6. The Labute approximate surface area is 115 Å². The molecule has 4 nitrogen and oxygen atoms in total. The van der Waals surface area contributed by atoms with E-state index < -0.39 is 9.84 Å². The fourth-order valence-corrected chi connectivity index (χ4v) is 3.03. The highest BCUT2D eigenvalue weighted by Crippen LogP contribution is 2.21. The highest BCUT2D eigenvalue weighted by atomic mass is 32.2. The topological polar surface area (TPSA) is 49.4 Å². The first-order valence-corrected chi connectivity index (χ1v) is 8.55. The number of rotatable bonds is 3. The van der Waals surface area contributed by atoms with Crippen molar-refractivity contribution in [1.82, 2.24) is 5.32 Å². The van der Waals surface area contributed by atoms with Crippen molar-refractivity contribution >= 4 is 15.5 Å². The van der Waals surface area contributed by atoms with Gasteiger partial charge in [0.1, 0.15) is 0 Å². The molecule has 1 aromatic rings. The van der Waals surface area contributed by atoms with Crippen LogP contribution in [0.2, 0.25) is 0 Å². The first-order valence-electron chi connectivity index (χ1n) is 6.66. The first kappa shape index (κ1) is 14.3. The first-order chi connectivity index (χ1) is 8.88. The molecule has 0 saturated carbocycles. The second-order valence-corrected chi connectivity index (χ2v) is 7.54. The van der Waals surface area contributed by atoms with Crippen LogP contribution >= 0.6 is 0 Å². The van der Waals surface area contributed by atoms with Gasteiger partial charge in [0, 0.05) is 37.6 Å². The molecule has 0 bridgehead atoms. The maximum atomic E-state index is 11.6.